The first kappa shape index (κ1) is 75.5. The molecule has 90 heavy (non-hydrogen) atoms. The normalized spacial score (nSPS) is 18.7. The number of aliphatic imine (C=N–C) groups is 8. The molecule has 0 spiro atoms. The SMILES string of the molecule is CN=Cc1cc(C=N[C@@H](CO)C(C)C)cc(P(c2cc(C=N[C@@H](CO)C(C)C)cc(C=N[C@@H](CO)C(C)C)c2)[C@H]2CCC[C@@H]2P(c2cc(C=N[C@@H](CO)C(C)C)cc(C=N[C@@H](CO)C(C)C)c2)c2cc(C=N[C@@H](CO)C(C)C)cc(C=N[C@@H](CO)C(C)C)c2)c1. The lowest BCUT2D eigenvalue weighted by atomic mass is 10.1. The molecule has 0 aliphatic heterocycles. The van der Waals surface area contributed by atoms with Crippen molar-refractivity contribution in [3.8, 4) is 0 Å². The molecule has 17 heteroatoms. The van der Waals surface area contributed by atoms with Crippen LogP contribution in [0.5, 0.6) is 0 Å². The van der Waals surface area contributed by atoms with Crippen molar-refractivity contribution in [2.45, 2.75) is 170 Å². The summed E-state index contributed by atoms with van der Waals surface area (Å²) in [6, 6.07) is 24.2. The highest BCUT2D eigenvalue weighted by Crippen LogP contribution is 2.58. The molecule has 1 unspecified atom stereocenters. The van der Waals surface area contributed by atoms with Gasteiger partial charge in [0.2, 0.25) is 0 Å². The topological polar surface area (TPSA) is 240 Å². The van der Waals surface area contributed by atoms with Gasteiger partial charge in [0.25, 0.3) is 0 Å². The van der Waals surface area contributed by atoms with Gasteiger partial charge in [0.15, 0.2) is 0 Å². The lowest BCUT2D eigenvalue weighted by Crippen LogP contribution is -2.33. The largest absolute Gasteiger partial charge is 0.394 e. The minimum Gasteiger partial charge on any atom is -0.394 e. The number of hydrogen-bond acceptors (Lipinski definition) is 15. The van der Waals surface area contributed by atoms with Crippen LogP contribution in [-0.4, -0.2) is 192 Å². The van der Waals surface area contributed by atoms with Crippen LogP contribution in [0.15, 0.2) is 113 Å². The van der Waals surface area contributed by atoms with E-state index in [1.54, 1.807) is 7.05 Å². The Morgan fingerprint density at radius 1 is 0.300 bits per heavy atom. The third kappa shape index (κ3) is 22.5. The first-order chi connectivity index (χ1) is 43.0. The van der Waals surface area contributed by atoms with Crippen LogP contribution >= 0.6 is 15.8 Å². The minimum absolute atomic E-state index is 0.0256. The van der Waals surface area contributed by atoms with Gasteiger partial charge in [-0.05, 0) is 220 Å². The molecule has 0 saturated heterocycles. The van der Waals surface area contributed by atoms with Crippen molar-refractivity contribution in [2.24, 2.45) is 81.4 Å². The van der Waals surface area contributed by atoms with Gasteiger partial charge in [-0.25, -0.2) is 0 Å². The van der Waals surface area contributed by atoms with E-state index in [4.69, 9.17) is 34.9 Å². The molecule has 1 saturated carbocycles. The Labute approximate surface area is 541 Å². The van der Waals surface area contributed by atoms with Gasteiger partial charge in [-0.1, -0.05) is 103 Å². The van der Waals surface area contributed by atoms with Gasteiger partial charge < -0.3 is 35.7 Å². The highest BCUT2D eigenvalue weighted by molar-refractivity contribution is 7.77. The molecule has 0 aromatic heterocycles. The molecule has 15 nitrogen and oxygen atoms in total. The molecule has 10 atom stereocenters. The Bertz CT molecular complexity index is 2850. The fourth-order valence-electron chi connectivity index (χ4n) is 10.8. The predicted octanol–water partition coefficient (Wildman–Crippen LogP) is 9.27. The zero-order valence-corrected chi connectivity index (χ0v) is 58.2. The van der Waals surface area contributed by atoms with Crippen molar-refractivity contribution in [2.75, 3.05) is 53.3 Å². The molecule has 4 aromatic carbocycles. The number of benzene rings is 4. The quantitative estimate of drug-likeness (QED) is 0.0174. The van der Waals surface area contributed by atoms with E-state index in [1.165, 1.54) is 0 Å². The number of nitrogens with zero attached hydrogens (tertiary/aromatic N) is 8. The van der Waals surface area contributed by atoms with Gasteiger partial charge in [0.1, 0.15) is 0 Å². The van der Waals surface area contributed by atoms with E-state index in [-0.39, 0.29) is 141 Å². The van der Waals surface area contributed by atoms with Crippen LogP contribution in [0.25, 0.3) is 0 Å². The molecule has 0 amide bonds. The van der Waals surface area contributed by atoms with Crippen LogP contribution in [0.4, 0.5) is 0 Å². The highest BCUT2D eigenvalue weighted by Gasteiger charge is 2.42. The predicted molar refractivity (Wildman–Crippen MR) is 386 cm³/mol. The Hall–Kier alpha value is -5.18. The molecule has 1 aliphatic carbocycles. The molecule has 0 bridgehead atoms. The fourth-order valence-corrected chi connectivity index (χ4v) is 17.9. The van der Waals surface area contributed by atoms with Crippen molar-refractivity contribution in [1.82, 2.24) is 0 Å². The smallest absolute Gasteiger partial charge is 0.0753 e. The van der Waals surface area contributed by atoms with E-state index in [2.05, 4.69) is 175 Å². The summed E-state index contributed by atoms with van der Waals surface area (Å²) >= 11 is 0. The summed E-state index contributed by atoms with van der Waals surface area (Å²) in [5, 5.41) is 78.2. The third-order valence-corrected chi connectivity index (χ3v) is 23.0. The minimum atomic E-state index is -1.37. The first-order valence-corrected chi connectivity index (χ1v) is 35.4. The Kier molecular flexibility index (Phi) is 32.0. The lowest BCUT2D eigenvalue weighted by Gasteiger charge is -2.36. The second-order valence-corrected chi connectivity index (χ2v) is 31.4. The number of aliphatic hydroxyl groups is 7. The average Bonchev–Trinajstić information content (AvgIpc) is 1.91. The molecule has 1 fully saturated rings. The summed E-state index contributed by atoms with van der Waals surface area (Å²) in [6.45, 7) is 28.1. The second kappa shape index (κ2) is 38.1. The highest BCUT2D eigenvalue weighted by atomic mass is 31.1. The maximum Gasteiger partial charge on any atom is 0.0753 e. The van der Waals surface area contributed by atoms with E-state index in [1.807, 2.05) is 49.7 Å². The van der Waals surface area contributed by atoms with E-state index >= 15 is 0 Å². The zero-order chi connectivity index (χ0) is 66.2. The van der Waals surface area contributed by atoms with Gasteiger partial charge in [0, 0.05) is 56.8 Å². The zero-order valence-electron chi connectivity index (χ0n) is 56.5. The van der Waals surface area contributed by atoms with Crippen molar-refractivity contribution >= 4 is 86.8 Å². The maximum atomic E-state index is 10.6. The first-order valence-electron chi connectivity index (χ1n) is 32.6. The van der Waals surface area contributed by atoms with Crippen molar-refractivity contribution in [3.05, 3.63) is 117 Å². The molecule has 4 aromatic rings. The van der Waals surface area contributed by atoms with Gasteiger partial charge in [0.05, 0.1) is 88.5 Å². The van der Waals surface area contributed by atoms with Crippen LogP contribution in [-0.2, 0) is 0 Å². The van der Waals surface area contributed by atoms with E-state index in [0.717, 1.165) is 85.0 Å². The van der Waals surface area contributed by atoms with Crippen LogP contribution in [0, 0.1) is 41.4 Å². The van der Waals surface area contributed by atoms with Crippen molar-refractivity contribution in [3.63, 3.8) is 0 Å². The summed E-state index contributed by atoms with van der Waals surface area (Å²) in [5.74, 6) is 0.640. The number of hydrogen-bond donors (Lipinski definition) is 7. The van der Waals surface area contributed by atoms with Gasteiger partial charge >= 0.3 is 0 Å². The Balaban J connectivity index is 2.04. The average molecular weight is 1270 g/mol. The van der Waals surface area contributed by atoms with Crippen LogP contribution in [0.1, 0.15) is 161 Å². The lowest BCUT2D eigenvalue weighted by molar-refractivity contribution is 0.240. The summed E-state index contributed by atoms with van der Waals surface area (Å²) in [5.41, 5.74) is 7.00. The molecule has 7 N–H and O–H groups in total. The van der Waals surface area contributed by atoms with E-state index in [0.29, 0.717) is 0 Å². The van der Waals surface area contributed by atoms with Gasteiger partial charge in [-0.15, -0.1) is 0 Å². The number of rotatable bonds is 35. The van der Waals surface area contributed by atoms with E-state index in [9.17, 15) is 35.7 Å². The van der Waals surface area contributed by atoms with Crippen molar-refractivity contribution < 1.29 is 35.7 Å². The van der Waals surface area contributed by atoms with Crippen molar-refractivity contribution in [1.29, 1.82) is 0 Å². The molecule has 1 aliphatic rings. The van der Waals surface area contributed by atoms with E-state index < -0.39 is 15.8 Å². The third-order valence-electron chi connectivity index (χ3n) is 16.9. The van der Waals surface area contributed by atoms with Gasteiger partial charge in [-0.2, -0.15) is 0 Å². The summed E-state index contributed by atoms with van der Waals surface area (Å²) in [6.07, 6.45) is 17.8. The molecule has 0 heterocycles. The van der Waals surface area contributed by atoms with Crippen LogP contribution in [0.2, 0.25) is 0 Å². The van der Waals surface area contributed by atoms with Crippen LogP contribution < -0.4 is 21.2 Å². The fraction of sp³-hybridized carbons (Fsp3) is 0.562. The standard InChI is InChI=1S/C73H108N8O7P2/c1-46(2)65(39-82)75-32-54-19-53(31-74-15)23-61(24-54)89(62-25-55(33-76-66(40-83)47(3)4)20-56(26-62)34-77-67(41-84)48(5)6)72-17-16-18-73(72)90(63-27-57(35-78-68(42-85)49(7)8)21-58(28-63)36-79-69(43-86)50(9)10)64-29-59(37-80-70(44-87)51(11)12)22-60(30-64)38-81-71(45-88)52(13)14/h19-38,46-52,65-73,82-88H,16-18,39-45H2,1-15H3/t65-,66-,67-,68-,69-,70-,71-,72-,73-,89?,90?/m0/s1. The number of aliphatic hydroxyl groups excluding tert-OH is 7. The van der Waals surface area contributed by atoms with Crippen LogP contribution in [0.3, 0.4) is 0 Å². The molecule has 492 valence electrons. The Morgan fingerprint density at radius 3 is 0.611 bits per heavy atom. The summed E-state index contributed by atoms with van der Waals surface area (Å²) < 4.78 is 0. The molecular weight excluding hydrogens is 1160 g/mol. The summed E-state index contributed by atoms with van der Waals surface area (Å²) in [7, 11) is -0.920. The molecule has 5 rings (SSSR count). The molecule has 0 radical (unpaired) electrons. The second-order valence-electron chi connectivity index (χ2n) is 26.5. The molecular formula is C73H108N8O7P2. The monoisotopic (exact) mass is 1270 g/mol. The summed E-state index contributed by atoms with van der Waals surface area (Å²) in [4.78, 5) is 39.5. The Morgan fingerprint density at radius 2 is 0.467 bits per heavy atom. The van der Waals surface area contributed by atoms with Gasteiger partial charge in [-0.3, -0.25) is 39.9 Å². The maximum absolute atomic E-state index is 10.6.